The van der Waals surface area contributed by atoms with E-state index in [0.717, 1.165) is 22.3 Å². The predicted octanol–water partition coefficient (Wildman–Crippen LogP) is 7.49. The van der Waals surface area contributed by atoms with Crippen LogP contribution in [0.4, 0.5) is 13.6 Å². The van der Waals surface area contributed by atoms with Crippen LogP contribution in [-0.4, -0.2) is 82.6 Å². The number of carbonyl (C=O) groups is 2. The van der Waals surface area contributed by atoms with Crippen LogP contribution in [0, 0.1) is 11.8 Å². The van der Waals surface area contributed by atoms with Crippen molar-refractivity contribution in [3.63, 3.8) is 0 Å². The summed E-state index contributed by atoms with van der Waals surface area (Å²) in [5.41, 5.74) is 3.63. The molecule has 2 N–H and O–H groups in total. The minimum atomic E-state index is -0.721. The molecule has 12 heteroatoms. The number of carbonyl (C=O) groups excluding carboxylic acids is 2. The second-order valence-electron chi connectivity index (χ2n) is 12.3. The van der Waals surface area contributed by atoms with Gasteiger partial charge in [0.1, 0.15) is 23.8 Å². The zero-order valence-electron chi connectivity index (χ0n) is 28.2. The van der Waals surface area contributed by atoms with Gasteiger partial charge in [-0.25, -0.2) is 9.18 Å². The Morgan fingerprint density at radius 1 is 1.02 bits per heavy atom. The smallest absolute Gasteiger partial charge is 0.410 e. The second kappa shape index (κ2) is 16.6. The van der Waals surface area contributed by atoms with E-state index in [9.17, 15) is 18.4 Å². The fourth-order valence-electron chi connectivity index (χ4n) is 5.13. The van der Waals surface area contributed by atoms with Gasteiger partial charge in [0, 0.05) is 26.2 Å². The van der Waals surface area contributed by atoms with Crippen LogP contribution in [-0.2, 0) is 9.53 Å². The molecule has 3 aromatic carbocycles. The fraction of sp³-hybridized carbons (Fsp3) is 0.324. The number of allylic oxidation sites excluding steroid dienone is 1. The Morgan fingerprint density at radius 2 is 1.73 bits per heavy atom. The van der Waals surface area contributed by atoms with Gasteiger partial charge in [-0.05, 0) is 91.4 Å². The van der Waals surface area contributed by atoms with E-state index in [-0.39, 0.29) is 43.8 Å². The highest BCUT2D eigenvalue weighted by Crippen LogP contribution is 2.38. The molecule has 0 bridgehead atoms. The number of halogens is 3. The molecule has 4 rings (SSSR count). The summed E-state index contributed by atoms with van der Waals surface area (Å²) >= 11 is 6.53. The maximum absolute atomic E-state index is 14.5. The summed E-state index contributed by atoms with van der Waals surface area (Å²) in [6.45, 7) is 7.73. The average molecular weight is 695 g/mol. The Hall–Kier alpha value is -4.74. The zero-order valence-corrected chi connectivity index (χ0v) is 29.0. The number of amides is 2. The first-order chi connectivity index (χ1) is 23.3. The molecule has 49 heavy (non-hydrogen) atoms. The molecule has 0 aliphatic heterocycles. The number of aromatic nitrogens is 2. The topological polar surface area (TPSA) is 108 Å². The molecular formula is C37H41ClF2N4O5. The van der Waals surface area contributed by atoms with Crippen LogP contribution in [0.2, 0.25) is 5.02 Å². The SMILES string of the molecule is CC/C(=C(/c1ccc(OCCN(C/C=C/C(=O)N(C)CCO)C(=O)OC(C)(C)C)cc1)c1ccc2[nH]nc(F)c2c1)c1ccc(F)cc1Cl. The average Bonchev–Trinajstić information content (AvgIpc) is 3.42. The number of hydrogen-bond donors (Lipinski definition) is 2. The van der Waals surface area contributed by atoms with Crippen LogP contribution in [0.15, 0.2) is 72.8 Å². The first-order valence-corrected chi connectivity index (χ1v) is 16.2. The van der Waals surface area contributed by atoms with Crippen molar-refractivity contribution in [1.29, 1.82) is 0 Å². The number of benzene rings is 3. The largest absolute Gasteiger partial charge is 0.492 e. The van der Waals surface area contributed by atoms with Gasteiger partial charge < -0.3 is 24.4 Å². The van der Waals surface area contributed by atoms with Crippen molar-refractivity contribution in [2.75, 3.05) is 39.9 Å². The lowest BCUT2D eigenvalue weighted by atomic mass is 9.87. The molecule has 260 valence electrons. The van der Waals surface area contributed by atoms with E-state index in [2.05, 4.69) is 10.2 Å². The molecule has 0 aliphatic carbocycles. The summed E-state index contributed by atoms with van der Waals surface area (Å²) in [6, 6.07) is 16.9. The van der Waals surface area contributed by atoms with Crippen molar-refractivity contribution in [3.8, 4) is 5.75 Å². The summed E-state index contributed by atoms with van der Waals surface area (Å²) in [7, 11) is 1.57. The summed E-state index contributed by atoms with van der Waals surface area (Å²) in [6.07, 6.45) is 2.90. The van der Waals surface area contributed by atoms with Gasteiger partial charge in [0.2, 0.25) is 11.9 Å². The highest BCUT2D eigenvalue weighted by Gasteiger charge is 2.22. The van der Waals surface area contributed by atoms with Crippen LogP contribution in [0.25, 0.3) is 22.0 Å². The number of fused-ring (bicyclic) bond motifs is 1. The van der Waals surface area contributed by atoms with Crippen molar-refractivity contribution in [2.45, 2.75) is 39.7 Å². The number of aliphatic hydroxyl groups is 1. The third kappa shape index (κ3) is 9.90. The fourth-order valence-corrected chi connectivity index (χ4v) is 5.41. The lowest BCUT2D eigenvalue weighted by molar-refractivity contribution is -0.125. The van der Waals surface area contributed by atoms with Crippen molar-refractivity contribution < 1.29 is 33.0 Å². The lowest BCUT2D eigenvalue weighted by Crippen LogP contribution is -2.39. The maximum Gasteiger partial charge on any atom is 0.410 e. The molecule has 9 nitrogen and oxygen atoms in total. The van der Waals surface area contributed by atoms with Gasteiger partial charge in [0.15, 0.2) is 0 Å². The van der Waals surface area contributed by atoms with E-state index in [1.54, 1.807) is 64.2 Å². The molecule has 0 spiro atoms. The molecule has 1 aromatic heterocycles. The Balaban J connectivity index is 1.58. The van der Waals surface area contributed by atoms with Crippen molar-refractivity contribution in [3.05, 3.63) is 106 Å². The third-order valence-corrected chi connectivity index (χ3v) is 7.85. The van der Waals surface area contributed by atoms with Gasteiger partial charge in [-0.1, -0.05) is 48.9 Å². The number of ether oxygens (including phenoxy) is 2. The minimum absolute atomic E-state index is 0.109. The van der Waals surface area contributed by atoms with E-state index in [4.69, 9.17) is 26.2 Å². The van der Waals surface area contributed by atoms with Gasteiger partial charge in [-0.2, -0.15) is 4.39 Å². The Kier molecular flexibility index (Phi) is 12.5. The van der Waals surface area contributed by atoms with E-state index in [1.165, 1.54) is 28.0 Å². The third-order valence-electron chi connectivity index (χ3n) is 7.54. The summed E-state index contributed by atoms with van der Waals surface area (Å²) < 4.78 is 40.1. The number of nitrogens with one attached hydrogen (secondary N) is 1. The van der Waals surface area contributed by atoms with Crippen LogP contribution in [0.5, 0.6) is 5.75 Å². The molecule has 0 atom stereocenters. The van der Waals surface area contributed by atoms with Crippen LogP contribution in [0.3, 0.4) is 0 Å². The van der Waals surface area contributed by atoms with Crippen LogP contribution < -0.4 is 4.74 Å². The summed E-state index contributed by atoms with van der Waals surface area (Å²) in [4.78, 5) is 28.0. The molecule has 0 unspecified atom stereocenters. The van der Waals surface area contributed by atoms with Gasteiger partial charge in [0.05, 0.1) is 29.1 Å². The molecule has 2 amide bonds. The Morgan fingerprint density at radius 3 is 2.39 bits per heavy atom. The molecule has 4 aromatic rings. The van der Waals surface area contributed by atoms with E-state index in [1.807, 2.05) is 25.1 Å². The Bertz CT molecular complexity index is 1830. The number of aromatic amines is 1. The van der Waals surface area contributed by atoms with Crippen LogP contribution >= 0.6 is 11.6 Å². The van der Waals surface area contributed by atoms with Gasteiger partial charge in [-0.15, -0.1) is 5.10 Å². The van der Waals surface area contributed by atoms with E-state index >= 15 is 0 Å². The zero-order chi connectivity index (χ0) is 35.7. The predicted molar refractivity (Wildman–Crippen MR) is 187 cm³/mol. The Labute approximate surface area is 289 Å². The molecule has 0 fully saturated rings. The number of nitrogens with zero attached hydrogens (tertiary/aromatic N) is 3. The number of hydrogen-bond acceptors (Lipinski definition) is 6. The van der Waals surface area contributed by atoms with Crippen molar-refractivity contribution in [1.82, 2.24) is 20.0 Å². The highest BCUT2D eigenvalue weighted by atomic mass is 35.5. The standard InChI is InChI=1S/C37H41ClF2N4O5/c1-6-28(29-15-12-26(39)23-31(29)38)34(25-11-16-32-30(22-25)35(40)42-41-32)24-9-13-27(14-10-24)48-21-19-44(36(47)49-37(2,3)4)17-7-8-33(46)43(5)18-20-45/h7-16,22-23,45H,6,17-21H2,1-5H3,(H,41,42)/b8-7+,34-28+. The molecule has 0 saturated heterocycles. The van der Waals surface area contributed by atoms with Gasteiger partial charge in [0.25, 0.3) is 0 Å². The monoisotopic (exact) mass is 694 g/mol. The first kappa shape index (κ1) is 37.1. The second-order valence-corrected chi connectivity index (χ2v) is 12.7. The lowest BCUT2D eigenvalue weighted by Gasteiger charge is -2.26. The highest BCUT2D eigenvalue weighted by molar-refractivity contribution is 6.32. The number of aliphatic hydroxyl groups excluding tert-OH is 1. The minimum Gasteiger partial charge on any atom is -0.492 e. The van der Waals surface area contributed by atoms with Crippen LogP contribution in [0.1, 0.15) is 50.8 Å². The number of rotatable bonds is 13. The maximum atomic E-state index is 14.5. The molecule has 0 radical (unpaired) electrons. The molecular weight excluding hydrogens is 654 g/mol. The van der Waals surface area contributed by atoms with E-state index in [0.29, 0.717) is 28.6 Å². The van der Waals surface area contributed by atoms with Gasteiger partial charge in [-0.3, -0.25) is 9.89 Å². The van der Waals surface area contributed by atoms with E-state index < -0.39 is 23.5 Å². The summed E-state index contributed by atoms with van der Waals surface area (Å²) in [5.74, 6) is -0.827. The number of likely N-dealkylation sites (N-methyl/N-ethyl adjacent to an activating group) is 1. The summed E-state index contributed by atoms with van der Waals surface area (Å²) in [5, 5.41) is 16.0. The normalized spacial score (nSPS) is 12.3. The van der Waals surface area contributed by atoms with Crippen molar-refractivity contribution >= 4 is 45.7 Å². The molecule has 0 saturated carbocycles. The quantitative estimate of drug-likeness (QED) is 0.111. The molecule has 1 heterocycles. The molecule has 0 aliphatic rings. The van der Waals surface area contributed by atoms with Crippen molar-refractivity contribution in [2.24, 2.45) is 0 Å². The first-order valence-electron chi connectivity index (χ1n) is 15.9. The number of H-pyrrole nitrogens is 1. The van der Waals surface area contributed by atoms with Gasteiger partial charge >= 0.3 is 6.09 Å².